The Morgan fingerprint density at radius 3 is 2.83 bits per heavy atom. The van der Waals surface area contributed by atoms with Gasteiger partial charge in [-0.1, -0.05) is 0 Å². The lowest BCUT2D eigenvalue weighted by atomic mass is 10.2. The number of nitrogens with zero attached hydrogens (tertiary/aromatic N) is 1. The summed E-state index contributed by atoms with van der Waals surface area (Å²) in [6.45, 7) is 3.54. The summed E-state index contributed by atoms with van der Waals surface area (Å²) in [5.74, 6) is 0. The highest BCUT2D eigenvalue weighted by Crippen LogP contribution is 2.11. The minimum Gasteiger partial charge on any atom is -0.445 e. The first-order chi connectivity index (χ1) is 5.86. The van der Waals surface area contributed by atoms with Crippen molar-refractivity contribution in [3.05, 3.63) is 0 Å². The molecule has 12 heavy (non-hydrogen) atoms. The van der Waals surface area contributed by atoms with E-state index in [-0.39, 0.29) is 12.2 Å². The summed E-state index contributed by atoms with van der Waals surface area (Å²) in [7, 11) is 0. The van der Waals surface area contributed by atoms with Crippen molar-refractivity contribution in [2.45, 2.75) is 18.9 Å². The largest absolute Gasteiger partial charge is 0.445 e. The summed E-state index contributed by atoms with van der Waals surface area (Å²) in [5.41, 5.74) is 0. The van der Waals surface area contributed by atoms with Gasteiger partial charge in [-0.3, -0.25) is 0 Å². The molecular formula is C8H14N2O2. The highest BCUT2D eigenvalue weighted by molar-refractivity contribution is 5.68. The summed E-state index contributed by atoms with van der Waals surface area (Å²) in [6, 6.07) is 0. The first-order valence-corrected chi connectivity index (χ1v) is 4.52. The third-order valence-electron chi connectivity index (χ3n) is 2.40. The molecule has 0 aromatic rings. The summed E-state index contributed by atoms with van der Waals surface area (Å²) < 4.78 is 5.24. The molecule has 0 bridgehead atoms. The van der Waals surface area contributed by atoms with Gasteiger partial charge in [0.25, 0.3) is 0 Å². The zero-order valence-electron chi connectivity index (χ0n) is 7.08. The van der Waals surface area contributed by atoms with Gasteiger partial charge in [-0.25, -0.2) is 4.79 Å². The number of amides is 1. The highest BCUT2D eigenvalue weighted by Gasteiger charge is 2.25. The first-order valence-electron chi connectivity index (χ1n) is 4.52. The van der Waals surface area contributed by atoms with Crippen LogP contribution in [0.3, 0.4) is 0 Å². The van der Waals surface area contributed by atoms with E-state index < -0.39 is 0 Å². The average Bonchev–Trinajstić information content (AvgIpc) is 2.34. The molecule has 0 aromatic carbocycles. The third-order valence-corrected chi connectivity index (χ3v) is 2.40. The van der Waals surface area contributed by atoms with E-state index in [1.807, 2.05) is 0 Å². The lowest BCUT2D eigenvalue weighted by Gasteiger charge is -2.30. The zero-order valence-corrected chi connectivity index (χ0v) is 7.08. The molecule has 1 atom stereocenters. The molecule has 2 fully saturated rings. The second-order valence-corrected chi connectivity index (χ2v) is 3.34. The van der Waals surface area contributed by atoms with Gasteiger partial charge in [0.1, 0.15) is 6.10 Å². The Morgan fingerprint density at radius 2 is 2.33 bits per heavy atom. The first kappa shape index (κ1) is 7.86. The zero-order chi connectivity index (χ0) is 8.39. The van der Waals surface area contributed by atoms with Crippen LogP contribution in [0.2, 0.25) is 0 Å². The van der Waals surface area contributed by atoms with E-state index in [1.54, 1.807) is 4.90 Å². The standard InChI is InChI=1S/C8H14N2O2/c11-8(10-4-1-5-10)12-7-2-3-9-6-7/h7,9H,1-6H2. The molecule has 1 unspecified atom stereocenters. The van der Waals surface area contributed by atoms with Crippen LogP contribution >= 0.6 is 0 Å². The smallest absolute Gasteiger partial charge is 0.410 e. The number of hydrogen-bond acceptors (Lipinski definition) is 3. The predicted molar refractivity (Wildman–Crippen MR) is 43.9 cm³/mol. The molecule has 2 heterocycles. The quantitative estimate of drug-likeness (QED) is 0.611. The minimum atomic E-state index is -0.130. The van der Waals surface area contributed by atoms with E-state index in [2.05, 4.69) is 5.32 Å². The number of rotatable bonds is 1. The normalized spacial score (nSPS) is 28.3. The Hall–Kier alpha value is -0.770. The topological polar surface area (TPSA) is 41.6 Å². The molecule has 4 nitrogen and oxygen atoms in total. The molecule has 1 amide bonds. The van der Waals surface area contributed by atoms with Crippen molar-refractivity contribution < 1.29 is 9.53 Å². The molecule has 0 aromatic heterocycles. The lowest BCUT2D eigenvalue weighted by Crippen LogP contribution is -2.43. The highest BCUT2D eigenvalue weighted by atomic mass is 16.6. The number of carbonyl (C=O) groups is 1. The molecule has 2 saturated heterocycles. The van der Waals surface area contributed by atoms with Crippen molar-refractivity contribution in [3.63, 3.8) is 0 Å². The summed E-state index contributed by atoms with van der Waals surface area (Å²) in [6.07, 6.45) is 2.06. The summed E-state index contributed by atoms with van der Waals surface area (Å²) in [5, 5.41) is 3.16. The van der Waals surface area contributed by atoms with Gasteiger partial charge in [0.05, 0.1) is 0 Å². The van der Waals surface area contributed by atoms with Gasteiger partial charge >= 0.3 is 6.09 Å². The van der Waals surface area contributed by atoms with E-state index in [4.69, 9.17) is 4.74 Å². The number of nitrogens with one attached hydrogen (secondary N) is 1. The molecule has 0 aliphatic carbocycles. The maximum Gasteiger partial charge on any atom is 0.410 e. The predicted octanol–water partition coefficient (Wildman–Crippen LogP) is 0.191. The Labute approximate surface area is 71.9 Å². The second-order valence-electron chi connectivity index (χ2n) is 3.34. The second kappa shape index (κ2) is 3.31. The molecule has 0 radical (unpaired) electrons. The Bertz CT molecular complexity index is 174. The van der Waals surface area contributed by atoms with Gasteiger partial charge in [0.2, 0.25) is 0 Å². The molecule has 68 valence electrons. The SMILES string of the molecule is O=C(OC1CCNC1)N1CCC1. The molecule has 2 aliphatic heterocycles. The van der Waals surface area contributed by atoms with E-state index in [9.17, 15) is 4.79 Å². The number of hydrogen-bond donors (Lipinski definition) is 1. The molecule has 2 aliphatic rings. The fraction of sp³-hybridized carbons (Fsp3) is 0.875. The number of ether oxygens (including phenoxy) is 1. The van der Waals surface area contributed by atoms with Crippen molar-refractivity contribution in [3.8, 4) is 0 Å². The van der Waals surface area contributed by atoms with Crippen molar-refractivity contribution in [2.75, 3.05) is 26.2 Å². The number of carbonyl (C=O) groups excluding carboxylic acids is 1. The van der Waals surface area contributed by atoms with E-state index in [0.29, 0.717) is 0 Å². The number of likely N-dealkylation sites (tertiary alicyclic amines) is 1. The maximum absolute atomic E-state index is 11.3. The Morgan fingerprint density at radius 1 is 1.50 bits per heavy atom. The van der Waals surface area contributed by atoms with Crippen LogP contribution in [0.25, 0.3) is 0 Å². The van der Waals surface area contributed by atoms with Gasteiger partial charge in [0.15, 0.2) is 0 Å². The Balaban J connectivity index is 1.73. The maximum atomic E-state index is 11.3. The van der Waals surface area contributed by atoms with Crippen molar-refractivity contribution in [2.24, 2.45) is 0 Å². The van der Waals surface area contributed by atoms with Crippen LogP contribution in [0.4, 0.5) is 4.79 Å². The molecular weight excluding hydrogens is 156 g/mol. The van der Waals surface area contributed by atoms with Crippen molar-refractivity contribution in [1.82, 2.24) is 10.2 Å². The molecule has 4 heteroatoms. The van der Waals surface area contributed by atoms with Gasteiger partial charge in [0, 0.05) is 19.6 Å². The molecule has 2 rings (SSSR count). The Kier molecular flexibility index (Phi) is 2.17. The van der Waals surface area contributed by atoms with Crippen LogP contribution in [0.15, 0.2) is 0 Å². The fourth-order valence-electron chi connectivity index (χ4n) is 1.44. The van der Waals surface area contributed by atoms with Crippen molar-refractivity contribution in [1.29, 1.82) is 0 Å². The third kappa shape index (κ3) is 1.53. The van der Waals surface area contributed by atoms with Crippen LogP contribution in [0.1, 0.15) is 12.8 Å². The van der Waals surface area contributed by atoms with Gasteiger partial charge in [-0.05, 0) is 19.4 Å². The molecule has 0 saturated carbocycles. The fourth-order valence-corrected chi connectivity index (χ4v) is 1.44. The summed E-state index contributed by atoms with van der Waals surface area (Å²) in [4.78, 5) is 13.0. The molecule has 0 spiro atoms. The van der Waals surface area contributed by atoms with Gasteiger partial charge in [-0.2, -0.15) is 0 Å². The van der Waals surface area contributed by atoms with E-state index in [1.165, 1.54) is 0 Å². The van der Waals surface area contributed by atoms with Crippen molar-refractivity contribution >= 4 is 6.09 Å². The van der Waals surface area contributed by atoms with Crippen LogP contribution in [0.5, 0.6) is 0 Å². The van der Waals surface area contributed by atoms with E-state index in [0.717, 1.165) is 39.0 Å². The minimum absolute atomic E-state index is 0.109. The lowest BCUT2D eigenvalue weighted by molar-refractivity contribution is 0.0533. The average molecular weight is 170 g/mol. The van der Waals surface area contributed by atoms with Gasteiger partial charge < -0.3 is 15.0 Å². The summed E-state index contributed by atoms with van der Waals surface area (Å²) >= 11 is 0. The van der Waals surface area contributed by atoms with Crippen LogP contribution in [-0.2, 0) is 4.74 Å². The monoisotopic (exact) mass is 170 g/mol. The van der Waals surface area contributed by atoms with Crippen LogP contribution in [0, 0.1) is 0 Å². The molecule has 1 N–H and O–H groups in total. The van der Waals surface area contributed by atoms with Crippen LogP contribution < -0.4 is 5.32 Å². The van der Waals surface area contributed by atoms with Crippen LogP contribution in [-0.4, -0.2) is 43.3 Å². The van der Waals surface area contributed by atoms with Gasteiger partial charge in [-0.15, -0.1) is 0 Å². The van der Waals surface area contributed by atoms with E-state index >= 15 is 0 Å².